The van der Waals surface area contributed by atoms with Gasteiger partial charge in [0.15, 0.2) is 23.0 Å². The maximum absolute atomic E-state index is 13.3. The van der Waals surface area contributed by atoms with Gasteiger partial charge in [0, 0.05) is 0 Å². The minimum absolute atomic E-state index is 0.548. The van der Waals surface area contributed by atoms with Gasteiger partial charge in [0.25, 0.3) is 0 Å². The summed E-state index contributed by atoms with van der Waals surface area (Å²) in [5.41, 5.74) is -1.69. The van der Waals surface area contributed by atoms with Crippen LogP contribution in [-0.4, -0.2) is 0 Å². The Labute approximate surface area is 99.8 Å². The van der Waals surface area contributed by atoms with Gasteiger partial charge in [-0.05, 0) is 12.1 Å². The molecular weight excluding hydrogens is 245 g/mol. The predicted octanol–water partition coefficient (Wildman–Crippen LogP) is 2.34. The minimum atomic E-state index is -1.72. The molecule has 0 saturated carbocycles. The summed E-state index contributed by atoms with van der Waals surface area (Å²) < 4.78 is 38.8. The summed E-state index contributed by atoms with van der Waals surface area (Å²) in [6.45, 7) is 0. The maximum atomic E-state index is 13.3. The van der Waals surface area contributed by atoms with E-state index in [-0.39, 0.29) is 0 Å². The molecule has 1 aromatic rings. The molecule has 0 atom stereocenters. The van der Waals surface area contributed by atoms with E-state index in [1.807, 2.05) is 0 Å². The van der Waals surface area contributed by atoms with Gasteiger partial charge in [0.1, 0.15) is 23.9 Å². The normalized spacial score (nSPS) is 8.67. The van der Waals surface area contributed by atoms with Crippen LogP contribution in [0.4, 0.5) is 18.9 Å². The molecule has 0 unspecified atom stereocenters. The van der Waals surface area contributed by atoms with Crippen LogP contribution >= 0.6 is 0 Å². The molecular formula is C11H3F3N4. The highest BCUT2D eigenvalue weighted by Crippen LogP contribution is 2.21. The molecule has 0 aliphatic rings. The van der Waals surface area contributed by atoms with E-state index >= 15 is 0 Å². The molecule has 0 aliphatic heterocycles. The summed E-state index contributed by atoms with van der Waals surface area (Å²) in [6.07, 6.45) is 0. The third-order valence-corrected chi connectivity index (χ3v) is 1.88. The molecule has 4 nitrogen and oxygen atoms in total. The van der Waals surface area contributed by atoms with Gasteiger partial charge in [0.2, 0.25) is 0 Å². The monoisotopic (exact) mass is 248 g/mol. The second-order valence-corrected chi connectivity index (χ2v) is 2.93. The average molecular weight is 248 g/mol. The fraction of sp³-hybridized carbons (Fsp3) is 0. The number of allylic oxidation sites excluding steroid dienone is 2. The van der Waals surface area contributed by atoms with Gasteiger partial charge in [-0.2, -0.15) is 15.8 Å². The van der Waals surface area contributed by atoms with Crippen molar-refractivity contribution in [2.24, 2.45) is 0 Å². The Morgan fingerprint density at radius 3 is 2.06 bits per heavy atom. The number of benzene rings is 1. The van der Waals surface area contributed by atoms with E-state index in [2.05, 4.69) is 5.32 Å². The van der Waals surface area contributed by atoms with Crippen molar-refractivity contribution in [1.29, 1.82) is 15.8 Å². The van der Waals surface area contributed by atoms with Gasteiger partial charge in [0.05, 0.1) is 5.69 Å². The van der Waals surface area contributed by atoms with E-state index < -0.39 is 34.4 Å². The lowest BCUT2D eigenvalue weighted by Crippen LogP contribution is -2.04. The summed E-state index contributed by atoms with van der Waals surface area (Å²) in [6, 6.07) is 5.77. The second-order valence-electron chi connectivity index (χ2n) is 2.93. The molecule has 0 bridgehead atoms. The number of nitrogens with one attached hydrogen (secondary N) is 1. The van der Waals surface area contributed by atoms with Gasteiger partial charge in [-0.1, -0.05) is 0 Å². The first-order valence-corrected chi connectivity index (χ1v) is 4.40. The first kappa shape index (κ1) is 13.1. The Morgan fingerprint density at radius 1 is 0.944 bits per heavy atom. The molecule has 0 saturated heterocycles. The molecule has 0 amide bonds. The standard InChI is InChI=1S/C11H3F3N4/c12-7-1-2-8(11(14)10(7)13)18-9(5-17)6(3-15)4-16/h1-2,18H. The number of halogens is 3. The molecule has 1 N–H and O–H groups in total. The molecule has 0 heterocycles. The lowest BCUT2D eigenvalue weighted by molar-refractivity contribution is 0.449. The average Bonchev–Trinajstić information content (AvgIpc) is 2.38. The molecule has 18 heavy (non-hydrogen) atoms. The molecule has 7 heteroatoms. The summed E-state index contributed by atoms with van der Waals surface area (Å²) >= 11 is 0. The zero-order valence-electron chi connectivity index (χ0n) is 8.63. The lowest BCUT2D eigenvalue weighted by Gasteiger charge is -2.06. The van der Waals surface area contributed by atoms with Gasteiger partial charge in [-0.25, -0.2) is 13.2 Å². The number of rotatable bonds is 2. The third kappa shape index (κ3) is 2.40. The highest BCUT2D eigenvalue weighted by molar-refractivity contribution is 5.58. The molecule has 88 valence electrons. The molecule has 0 fully saturated rings. The number of hydrogen-bond donors (Lipinski definition) is 1. The summed E-state index contributed by atoms with van der Waals surface area (Å²) in [7, 11) is 0. The van der Waals surface area contributed by atoms with Crippen LogP contribution in [0.15, 0.2) is 23.4 Å². The van der Waals surface area contributed by atoms with Crippen molar-refractivity contribution in [1.82, 2.24) is 0 Å². The highest BCUT2D eigenvalue weighted by Gasteiger charge is 2.15. The van der Waals surface area contributed by atoms with Crippen LogP contribution in [0.3, 0.4) is 0 Å². The SMILES string of the molecule is N#CC(C#N)=C(C#N)Nc1ccc(F)c(F)c1F. The van der Waals surface area contributed by atoms with Crippen LogP contribution in [0.1, 0.15) is 0 Å². The van der Waals surface area contributed by atoms with Crippen molar-refractivity contribution in [2.45, 2.75) is 0 Å². The van der Waals surface area contributed by atoms with Crippen LogP contribution in [0.2, 0.25) is 0 Å². The van der Waals surface area contributed by atoms with Crippen molar-refractivity contribution >= 4 is 5.69 Å². The van der Waals surface area contributed by atoms with E-state index in [1.54, 1.807) is 0 Å². The quantitative estimate of drug-likeness (QED) is 0.643. The highest BCUT2D eigenvalue weighted by atomic mass is 19.2. The van der Waals surface area contributed by atoms with Crippen molar-refractivity contribution in [2.75, 3.05) is 5.32 Å². The van der Waals surface area contributed by atoms with Crippen LogP contribution in [0, 0.1) is 51.4 Å². The molecule has 0 radical (unpaired) electrons. The van der Waals surface area contributed by atoms with E-state index in [0.29, 0.717) is 6.07 Å². The fourth-order valence-corrected chi connectivity index (χ4v) is 1.04. The number of nitrogens with zero attached hydrogens (tertiary/aromatic N) is 3. The smallest absolute Gasteiger partial charge is 0.196 e. The Hall–Kier alpha value is -2.98. The summed E-state index contributed by atoms with van der Waals surface area (Å²) in [5, 5.41) is 27.8. The van der Waals surface area contributed by atoms with E-state index in [0.717, 1.165) is 6.07 Å². The van der Waals surface area contributed by atoms with E-state index in [9.17, 15) is 13.2 Å². The van der Waals surface area contributed by atoms with Gasteiger partial charge < -0.3 is 5.32 Å². The number of nitriles is 3. The van der Waals surface area contributed by atoms with Gasteiger partial charge in [-0.3, -0.25) is 0 Å². The molecule has 0 spiro atoms. The predicted molar refractivity (Wildman–Crippen MR) is 53.8 cm³/mol. The number of hydrogen-bond acceptors (Lipinski definition) is 4. The Morgan fingerprint density at radius 2 is 1.56 bits per heavy atom. The van der Waals surface area contributed by atoms with Gasteiger partial charge in [-0.15, -0.1) is 0 Å². The zero-order chi connectivity index (χ0) is 13.7. The van der Waals surface area contributed by atoms with Gasteiger partial charge >= 0.3 is 0 Å². The van der Waals surface area contributed by atoms with Crippen molar-refractivity contribution in [3.8, 4) is 18.2 Å². The zero-order valence-corrected chi connectivity index (χ0v) is 8.63. The Balaban J connectivity index is 3.26. The van der Waals surface area contributed by atoms with Crippen molar-refractivity contribution < 1.29 is 13.2 Å². The molecule has 0 aliphatic carbocycles. The van der Waals surface area contributed by atoms with Crippen LogP contribution in [-0.2, 0) is 0 Å². The fourth-order valence-electron chi connectivity index (χ4n) is 1.04. The van der Waals surface area contributed by atoms with Crippen molar-refractivity contribution in [3.05, 3.63) is 40.9 Å². The second kappa shape index (κ2) is 5.38. The van der Waals surface area contributed by atoms with Crippen LogP contribution in [0.5, 0.6) is 0 Å². The Kier molecular flexibility index (Phi) is 3.91. The van der Waals surface area contributed by atoms with Crippen LogP contribution < -0.4 is 5.32 Å². The van der Waals surface area contributed by atoms with E-state index in [1.165, 1.54) is 18.2 Å². The summed E-state index contributed by atoms with van der Waals surface area (Å²) in [5.74, 6) is -4.65. The van der Waals surface area contributed by atoms with Crippen molar-refractivity contribution in [3.63, 3.8) is 0 Å². The maximum Gasteiger partial charge on any atom is 0.196 e. The molecule has 1 aromatic carbocycles. The molecule has 1 rings (SSSR count). The minimum Gasteiger partial charge on any atom is -0.343 e. The molecule has 0 aromatic heterocycles. The first-order valence-electron chi connectivity index (χ1n) is 4.40. The lowest BCUT2D eigenvalue weighted by atomic mass is 10.2. The topological polar surface area (TPSA) is 83.4 Å². The summed E-state index contributed by atoms with van der Waals surface area (Å²) in [4.78, 5) is 0. The van der Waals surface area contributed by atoms with Crippen LogP contribution in [0.25, 0.3) is 0 Å². The Bertz CT molecular complexity index is 628. The number of anilines is 1. The van der Waals surface area contributed by atoms with E-state index in [4.69, 9.17) is 15.8 Å². The first-order chi connectivity index (χ1) is 8.54. The largest absolute Gasteiger partial charge is 0.343 e. The third-order valence-electron chi connectivity index (χ3n) is 1.88.